The van der Waals surface area contributed by atoms with Crippen molar-refractivity contribution in [3.63, 3.8) is 0 Å². The number of thiophene rings is 2. The van der Waals surface area contributed by atoms with Crippen LogP contribution in [0.4, 0.5) is 0 Å². The van der Waals surface area contributed by atoms with E-state index in [9.17, 15) is 9.59 Å². The van der Waals surface area contributed by atoms with Gasteiger partial charge in [-0.25, -0.2) is 10.4 Å². The first-order chi connectivity index (χ1) is 13.6. The summed E-state index contributed by atoms with van der Waals surface area (Å²) in [5, 5.41) is 6.43. The Labute approximate surface area is 168 Å². The van der Waals surface area contributed by atoms with Crippen molar-refractivity contribution in [2.75, 3.05) is 0 Å². The molecule has 4 aromatic rings. The van der Waals surface area contributed by atoms with Crippen LogP contribution in [-0.2, 0) is 11.3 Å². The third-order valence-corrected chi connectivity index (χ3v) is 6.21. The third-order valence-electron chi connectivity index (χ3n) is 4.16. The van der Waals surface area contributed by atoms with E-state index in [0.29, 0.717) is 10.2 Å². The van der Waals surface area contributed by atoms with Gasteiger partial charge in [-0.05, 0) is 35.6 Å². The van der Waals surface area contributed by atoms with E-state index in [1.807, 2.05) is 54.8 Å². The number of nitrogens with one attached hydrogen (secondary N) is 1. The molecule has 3 heterocycles. The van der Waals surface area contributed by atoms with Gasteiger partial charge in [0.2, 0.25) is 0 Å². The van der Waals surface area contributed by atoms with Gasteiger partial charge in [0.1, 0.15) is 11.4 Å². The quantitative estimate of drug-likeness (QED) is 0.405. The Morgan fingerprint density at radius 1 is 1.29 bits per heavy atom. The first kappa shape index (κ1) is 18.3. The number of carbonyl (C=O) groups is 1. The molecule has 6 nitrogen and oxygen atoms in total. The van der Waals surface area contributed by atoms with E-state index in [2.05, 4.69) is 15.5 Å². The molecule has 4 rings (SSSR count). The summed E-state index contributed by atoms with van der Waals surface area (Å²) in [6.07, 6.45) is 3.01. The molecule has 1 aromatic carbocycles. The second kappa shape index (κ2) is 7.87. The zero-order valence-corrected chi connectivity index (χ0v) is 16.6. The number of hydrazone groups is 1. The van der Waals surface area contributed by atoms with Gasteiger partial charge in [-0.1, -0.05) is 30.3 Å². The Morgan fingerprint density at radius 2 is 2.11 bits per heavy atom. The van der Waals surface area contributed by atoms with Gasteiger partial charge in [0.25, 0.3) is 11.5 Å². The number of rotatable bonds is 5. The van der Waals surface area contributed by atoms with Crippen molar-refractivity contribution in [2.24, 2.45) is 5.10 Å². The third kappa shape index (κ3) is 3.78. The predicted octanol–water partition coefficient (Wildman–Crippen LogP) is 3.65. The molecule has 0 saturated heterocycles. The van der Waals surface area contributed by atoms with Crippen molar-refractivity contribution in [2.45, 2.75) is 13.5 Å². The van der Waals surface area contributed by atoms with E-state index >= 15 is 0 Å². The zero-order chi connectivity index (χ0) is 19.5. The normalized spacial score (nSPS) is 11.3. The summed E-state index contributed by atoms with van der Waals surface area (Å²) in [7, 11) is 0. The summed E-state index contributed by atoms with van der Waals surface area (Å²) in [6, 6.07) is 13.6. The maximum absolute atomic E-state index is 12.7. The number of hydrogen-bond donors (Lipinski definition) is 1. The molecule has 0 spiro atoms. The van der Waals surface area contributed by atoms with Crippen LogP contribution in [0.3, 0.4) is 0 Å². The number of nitrogens with zero attached hydrogens (tertiary/aromatic N) is 3. The maximum atomic E-state index is 12.7. The number of fused-ring (bicyclic) bond motifs is 1. The lowest BCUT2D eigenvalue weighted by atomic mass is 10.2. The molecule has 0 fully saturated rings. The minimum atomic E-state index is -0.382. The summed E-state index contributed by atoms with van der Waals surface area (Å²) in [6.45, 7) is 1.84. The van der Waals surface area contributed by atoms with Crippen molar-refractivity contribution in [1.29, 1.82) is 0 Å². The first-order valence-corrected chi connectivity index (χ1v) is 10.2. The lowest BCUT2D eigenvalue weighted by Crippen LogP contribution is -2.29. The molecule has 1 amide bonds. The van der Waals surface area contributed by atoms with E-state index in [1.165, 1.54) is 22.2 Å². The van der Waals surface area contributed by atoms with Crippen LogP contribution in [0.25, 0.3) is 20.7 Å². The smallest absolute Gasteiger partial charge is 0.262 e. The van der Waals surface area contributed by atoms with Crippen LogP contribution in [0, 0.1) is 6.92 Å². The molecule has 0 aliphatic rings. The van der Waals surface area contributed by atoms with Crippen LogP contribution in [0.2, 0.25) is 0 Å². The molecule has 0 saturated carbocycles. The van der Waals surface area contributed by atoms with Gasteiger partial charge in [0.05, 0.1) is 17.9 Å². The number of benzene rings is 1. The molecule has 8 heteroatoms. The van der Waals surface area contributed by atoms with E-state index in [4.69, 9.17) is 0 Å². The number of aromatic nitrogens is 2. The molecule has 1 N–H and O–H groups in total. The fourth-order valence-electron chi connectivity index (χ4n) is 2.69. The maximum Gasteiger partial charge on any atom is 0.262 e. The minimum absolute atomic E-state index is 0.140. The second-order valence-corrected chi connectivity index (χ2v) is 8.11. The topological polar surface area (TPSA) is 76.3 Å². The van der Waals surface area contributed by atoms with Gasteiger partial charge >= 0.3 is 0 Å². The summed E-state index contributed by atoms with van der Waals surface area (Å²) in [4.78, 5) is 31.8. The average molecular weight is 409 g/mol. The Balaban J connectivity index is 1.52. The molecule has 0 radical (unpaired) electrons. The van der Waals surface area contributed by atoms with Crippen molar-refractivity contribution < 1.29 is 4.79 Å². The highest BCUT2D eigenvalue weighted by Gasteiger charge is 2.12. The van der Waals surface area contributed by atoms with Gasteiger partial charge < -0.3 is 0 Å². The Bertz CT molecular complexity index is 1220. The molecule has 0 atom stereocenters. The summed E-state index contributed by atoms with van der Waals surface area (Å²) in [5.41, 5.74) is 4.35. The van der Waals surface area contributed by atoms with Gasteiger partial charge in [-0.2, -0.15) is 5.10 Å². The first-order valence-electron chi connectivity index (χ1n) is 8.52. The lowest BCUT2D eigenvalue weighted by molar-refractivity contribution is -0.121. The Morgan fingerprint density at radius 3 is 2.86 bits per heavy atom. The minimum Gasteiger partial charge on any atom is -0.289 e. The van der Waals surface area contributed by atoms with Crippen molar-refractivity contribution in [1.82, 2.24) is 15.0 Å². The lowest BCUT2D eigenvalue weighted by Gasteiger charge is -2.03. The van der Waals surface area contributed by atoms with Gasteiger partial charge in [0.15, 0.2) is 0 Å². The predicted molar refractivity (Wildman–Crippen MR) is 114 cm³/mol. The van der Waals surface area contributed by atoms with Crippen molar-refractivity contribution in [3.05, 3.63) is 75.0 Å². The number of amides is 1. The molecule has 140 valence electrons. The molecule has 0 aliphatic carbocycles. The van der Waals surface area contributed by atoms with Crippen LogP contribution < -0.4 is 11.0 Å². The average Bonchev–Trinajstić information content (AvgIpc) is 3.32. The fourth-order valence-corrected chi connectivity index (χ4v) is 4.47. The van der Waals surface area contributed by atoms with Gasteiger partial charge in [0, 0.05) is 9.75 Å². The molecule has 3 aromatic heterocycles. The fraction of sp³-hybridized carbons (Fsp3) is 0.100. The van der Waals surface area contributed by atoms with Crippen LogP contribution in [0.5, 0.6) is 0 Å². The number of carbonyl (C=O) groups excluding carboxylic acids is 1. The summed E-state index contributed by atoms with van der Waals surface area (Å²) < 4.78 is 1.30. The molecule has 0 unspecified atom stereocenters. The SMILES string of the molecule is Cc1ccsc1/C=N/NC(=O)Cn1cnc2sc(-c3ccccc3)cc2c1=O. The van der Waals surface area contributed by atoms with Crippen molar-refractivity contribution >= 4 is 45.0 Å². The van der Waals surface area contributed by atoms with E-state index in [0.717, 1.165) is 20.9 Å². The van der Waals surface area contributed by atoms with E-state index in [-0.39, 0.29) is 18.0 Å². The van der Waals surface area contributed by atoms with E-state index in [1.54, 1.807) is 17.6 Å². The molecule has 28 heavy (non-hydrogen) atoms. The van der Waals surface area contributed by atoms with Crippen molar-refractivity contribution in [3.8, 4) is 10.4 Å². The monoisotopic (exact) mass is 408 g/mol. The molecular formula is C20H16N4O2S2. The summed E-state index contributed by atoms with van der Waals surface area (Å²) >= 11 is 3.00. The van der Waals surface area contributed by atoms with Crippen LogP contribution in [-0.4, -0.2) is 21.7 Å². The molecule has 0 bridgehead atoms. The highest BCUT2D eigenvalue weighted by Crippen LogP contribution is 2.30. The summed E-state index contributed by atoms with van der Waals surface area (Å²) in [5.74, 6) is -0.382. The molecule has 0 aliphatic heterocycles. The number of aryl methyl sites for hydroxylation is 1. The second-order valence-electron chi connectivity index (χ2n) is 6.13. The molecular weight excluding hydrogens is 392 g/mol. The van der Waals surface area contributed by atoms with E-state index < -0.39 is 0 Å². The van der Waals surface area contributed by atoms with Gasteiger partial charge in [-0.15, -0.1) is 22.7 Å². The Hall–Kier alpha value is -3.10. The largest absolute Gasteiger partial charge is 0.289 e. The highest BCUT2D eigenvalue weighted by atomic mass is 32.1. The van der Waals surface area contributed by atoms with Crippen LogP contribution in [0.15, 0.2) is 64.1 Å². The van der Waals surface area contributed by atoms with Gasteiger partial charge in [-0.3, -0.25) is 14.2 Å². The highest BCUT2D eigenvalue weighted by molar-refractivity contribution is 7.21. The Kier molecular flexibility index (Phi) is 5.14. The van der Waals surface area contributed by atoms with Crippen LogP contribution >= 0.6 is 22.7 Å². The number of hydrogen-bond acceptors (Lipinski definition) is 6. The van der Waals surface area contributed by atoms with Crippen LogP contribution in [0.1, 0.15) is 10.4 Å². The zero-order valence-electron chi connectivity index (χ0n) is 15.0. The standard InChI is InChI=1S/C20H16N4O2S2/c1-13-7-8-27-17(13)10-22-23-18(25)11-24-12-21-19-15(20(24)26)9-16(28-19)14-5-3-2-4-6-14/h2-10,12H,11H2,1H3,(H,23,25)/b22-10+.